The number of ether oxygens (including phenoxy) is 1. The van der Waals surface area contributed by atoms with E-state index in [2.05, 4.69) is 12.1 Å². The molecule has 13 heavy (non-hydrogen) atoms. The van der Waals surface area contributed by atoms with Crippen LogP contribution in [0.25, 0.3) is 0 Å². The van der Waals surface area contributed by atoms with Crippen molar-refractivity contribution in [1.29, 1.82) is 0 Å². The molecule has 0 aliphatic rings. The van der Waals surface area contributed by atoms with Crippen LogP contribution in [0.15, 0.2) is 18.2 Å². The van der Waals surface area contributed by atoms with Gasteiger partial charge in [-0.1, -0.05) is 12.1 Å². The molecule has 0 heterocycles. The summed E-state index contributed by atoms with van der Waals surface area (Å²) in [5.74, 6) is 0.924. The number of aliphatic hydroxyl groups is 1. The smallest absolute Gasteiger partial charge is 0.122 e. The molecule has 1 aromatic rings. The lowest BCUT2D eigenvalue weighted by molar-refractivity contribution is 0.287. The van der Waals surface area contributed by atoms with Gasteiger partial charge in [-0.25, -0.2) is 0 Å². The Labute approximate surface area is 79.2 Å². The average Bonchev–Trinajstić information content (AvgIpc) is 2.16. The summed E-state index contributed by atoms with van der Waals surface area (Å²) < 4.78 is 5.24. The highest BCUT2D eigenvalue weighted by molar-refractivity contribution is 5.37. The van der Waals surface area contributed by atoms with Crippen molar-refractivity contribution in [2.24, 2.45) is 0 Å². The average molecular weight is 180 g/mol. The topological polar surface area (TPSA) is 29.5 Å². The molecule has 0 amide bonds. The van der Waals surface area contributed by atoms with Crippen molar-refractivity contribution in [1.82, 2.24) is 0 Å². The molecule has 1 N–H and O–H groups in total. The molecule has 0 aliphatic carbocycles. The lowest BCUT2D eigenvalue weighted by Crippen LogP contribution is -1.94. The molecular formula is C11H16O2. The molecule has 0 unspecified atom stereocenters. The molecule has 0 atom stereocenters. The number of rotatable bonds is 4. The molecule has 0 bridgehead atoms. The maximum Gasteiger partial charge on any atom is 0.122 e. The second-order valence-electron chi connectivity index (χ2n) is 3.14. The highest BCUT2D eigenvalue weighted by atomic mass is 16.5. The third kappa shape index (κ3) is 2.74. The van der Waals surface area contributed by atoms with E-state index >= 15 is 0 Å². The Hall–Kier alpha value is -1.02. The first-order chi connectivity index (χ1) is 6.27. The first-order valence-corrected chi connectivity index (χ1v) is 4.52. The van der Waals surface area contributed by atoms with E-state index < -0.39 is 0 Å². The molecule has 0 radical (unpaired) electrons. The molecule has 2 nitrogen and oxygen atoms in total. The van der Waals surface area contributed by atoms with Crippen LogP contribution in [0.1, 0.15) is 17.5 Å². The van der Waals surface area contributed by atoms with Gasteiger partial charge in [0.1, 0.15) is 5.75 Å². The van der Waals surface area contributed by atoms with E-state index in [0.717, 1.165) is 18.6 Å². The van der Waals surface area contributed by atoms with Gasteiger partial charge in [0.2, 0.25) is 0 Å². The van der Waals surface area contributed by atoms with Crippen LogP contribution < -0.4 is 4.74 Å². The number of aryl methyl sites for hydroxylation is 2. The van der Waals surface area contributed by atoms with Crippen molar-refractivity contribution in [3.8, 4) is 5.75 Å². The van der Waals surface area contributed by atoms with E-state index in [4.69, 9.17) is 9.84 Å². The quantitative estimate of drug-likeness (QED) is 0.767. The first-order valence-electron chi connectivity index (χ1n) is 4.52. The molecule has 72 valence electrons. The predicted octanol–water partition coefficient (Wildman–Crippen LogP) is 1.93. The normalized spacial score (nSPS) is 10.1. The van der Waals surface area contributed by atoms with Crippen molar-refractivity contribution < 1.29 is 9.84 Å². The van der Waals surface area contributed by atoms with E-state index in [1.807, 2.05) is 13.0 Å². The van der Waals surface area contributed by atoms with Gasteiger partial charge in [-0.3, -0.25) is 0 Å². The fourth-order valence-electron chi connectivity index (χ4n) is 1.33. The molecule has 0 saturated heterocycles. The van der Waals surface area contributed by atoms with Crippen molar-refractivity contribution in [2.75, 3.05) is 13.7 Å². The van der Waals surface area contributed by atoms with Crippen molar-refractivity contribution in [3.05, 3.63) is 29.3 Å². The maximum atomic E-state index is 8.70. The summed E-state index contributed by atoms with van der Waals surface area (Å²) in [5.41, 5.74) is 2.37. The zero-order chi connectivity index (χ0) is 9.68. The Morgan fingerprint density at radius 3 is 2.77 bits per heavy atom. The number of aliphatic hydroxyl groups excluding tert-OH is 1. The van der Waals surface area contributed by atoms with Crippen LogP contribution in [0.3, 0.4) is 0 Å². The van der Waals surface area contributed by atoms with E-state index in [9.17, 15) is 0 Å². The Balaban J connectivity index is 2.79. The highest BCUT2D eigenvalue weighted by Gasteiger charge is 2.01. The van der Waals surface area contributed by atoms with Gasteiger partial charge in [0, 0.05) is 6.61 Å². The van der Waals surface area contributed by atoms with Crippen molar-refractivity contribution in [3.63, 3.8) is 0 Å². The molecular weight excluding hydrogens is 164 g/mol. The predicted molar refractivity (Wildman–Crippen MR) is 53.1 cm³/mol. The van der Waals surface area contributed by atoms with Gasteiger partial charge < -0.3 is 9.84 Å². The van der Waals surface area contributed by atoms with Gasteiger partial charge in [-0.05, 0) is 37.0 Å². The van der Waals surface area contributed by atoms with E-state index in [1.54, 1.807) is 7.11 Å². The van der Waals surface area contributed by atoms with Crippen LogP contribution in [-0.4, -0.2) is 18.8 Å². The van der Waals surface area contributed by atoms with E-state index in [-0.39, 0.29) is 6.61 Å². The van der Waals surface area contributed by atoms with Gasteiger partial charge in [0.05, 0.1) is 7.11 Å². The molecule has 1 aromatic carbocycles. The van der Waals surface area contributed by atoms with Crippen molar-refractivity contribution in [2.45, 2.75) is 19.8 Å². The lowest BCUT2D eigenvalue weighted by atomic mass is 10.1. The Morgan fingerprint density at radius 1 is 1.38 bits per heavy atom. The Morgan fingerprint density at radius 2 is 2.15 bits per heavy atom. The Bertz CT molecular complexity index is 269. The van der Waals surface area contributed by atoms with Gasteiger partial charge in [-0.15, -0.1) is 0 Å². The summed E-state index contributed by atoms with van der Waals surface area (Å²) in [6.45, 7) is 2.27. The lowest BCUT2D eigenvalue weighted by Gasteiger charge is -2.08. The summed E-state index contributed by atoms with van der Waals surface area (Å²) in [4.78, 5) is 0. The number of hydrogen-bond donors (Lipinski definition) is 1. The minimum absolute atomic E-state index is 0.233. The summed E-state index contributed by atoms with van der Waals surface area (Å²) in [6, 6.07) is 6.14. The summed E-state index contributed by atoms with van der Waals surface area (Å²) in [6.07, 6.45) is 1.67. The number of hydrogen-bond acceptors (Lipinski definition) is 2. The summed E-state index contributed by atoms with van der Waals surface area (Å²) in [5, 5.41) is 8.70. The maximum absolute atomic E-state index is 8.70. The molecule has 0 aromatic heterocycles. The molecule has 0 fully saturated rings. The monoisotopic (exact) mass is 180 g/mol. The molecule has 2 heteroatoms. The zero-order valence-corrected chi connectivity index (χ0v) is 8.21. The second-order valence-corrected chi connectivity index (χ2v) is 3.14. The van der Waals surface area contributed by atoms with E-state index in [1.165, 1.54) is 11.1 Å². The van der Waals surface area contributed by atoms with Crippen LogP contribution in [0.2, 0.25) is 0 Å². The fourth-order valence-corrected chi connectivity index (χ4v) is 1.33. The van der Waals surface area contributed by atoms with Crippen LogP contribution in [0.4, 0.5) is 0 Å². The van der Waals surface area contributed by atoms with Gasteiger partial charge in [0.25, 0.3) is 0 Å². The summed E-state index contributed by atoms with van der Waals surface area (Å²) in [7, 11) is 1.68. The third-order valence-corrected chi connectivity index (χ3v) is 2.05. The molecule has 1 rings (SSSR count). The van der Waals surface area contributed by atoms with Gasteiger partial charge >= 0.3 is 0 Å². The van der Waals surface area contributed by atoms with Gasteiger partial charge in [-0.2, -0.15) is 0 Å². The van der Waals surface area contributed by atoms with E-state index in [0.29, 0.717) is 0 Å². The van der Waals surface area contributed by atoms with Crippen LogP contribution in [0.5, 0.6) is 5.75 Å². The van der Waals surface area contributed by atoms with Gasteiger partial charge in [0.15, 0.2) is 0 Å². The largest absolute Gasteiger partial charge is 0.496 e. The first kappa shape index (κ1) is 10.1. The second kappa shape index (κ2) is 4.87. The fraction of sp³-hybridized carbons (Fsp3) is 0.455. The number of methoxy groups -OCH3 is 1. The van der Waals surface area contributed by atoms with Crippen LogP contribution >= 0.6 is 0 Å². The minimum atomic E-state index is 0.233. The van der Waals surface area contributed by atoms with Crippen LogP contribution in [-0.2, 0) is 6.42 Å². The third-order valence-electron chi connectivity index (χ3n) is 2.05. The summed E-state index contributed by atoms with van der Waals surface area (Å²) >= 11 is 0. The zero-order valence-electron chi connectivity index (χ0n) is 8.21. The highest BCUT2D eigenvalue weighted by Crippen LogP contribution is 2.20. The molecule has 0 spiro atoms. The Kier molecular flexibility index (Phi) is 3.77. The SMILES string of the molecule is COc1cc(C)ccc1CCCO. The molecule has 0 saturated carbocycles. The van der Waals surface area contributed by atoms with Crippen molar-refractivity contribution >= 4 is 0 Å². The molecule has 0 aliphatic heterocycles. The van der Waals surface area contributed by atoms with Crippen LogP contribution in [0, 0.1) is 6.92 Å². The standard InChI is InChI=1S/C11H16O2/c1-9-5-6-10(4-3-7-12)11(8-9)13-2/h5-6,8,12H,3-4,7H2,1-2H3. The number of benzene rings is 1. The minimum Gasteiger partial charge on any atom is -0.496 e.